The summed E-state index contributed by atoms with van der Waals surface area (Å²) in [7, 11) is 3.69. The average molecular weight is 211 g/mol. The van der Waals surface area contributed by atoms with Crippen LogP contribution in [-0.2, 0) is 18.2 Å². The highest BCUT2D eigenvalue weighted by Gasteiger charge is 2.09. The van der Waals surface area contributed by atoms with E-state index < -0.39 is 0 Å². The number of aromatic nitrogens is 2. The van der Waals surface area contributed by atoms with Gasteiger partial charge in [-0.15, -0.1) is 0 Å². The maximum absolute atomic E-state index is 5.10. The minimum atomic E-state index is 0.463. The van der Waals surface area contributed by atoms with Crippen LogP contribution in [0.2, 0.25) is 0 Å². The molecule has 1 atom stereocenters. The van der Waals surface area contributed by atoms with Gasteiger partial charge in [0, 0.05) is 39.4 Å². The van der Waals surface area contributed by atoms with Gasteiger partial charge in [0.05, 0.1) is 5.69 Å². The predicted octanol–water partition coefficient (Wildman–Crippen LogP) is 0.977. The van der Waals surface area contributed by atoms with E-state index in [1.54, 1.807) is 7.11 Å². The van der Waals surface area contributed by atoms with Crippen molar-refractivity contribution in [3.05, 3.63) is 18.0 Å². The molecule has 0 aliphatic rings. The molecule has 1 rings (SSSR count). The van der Waals surface area contributed by atoms with Crippen LogP contribution in [0.15, 0.2) is 12.3 Å². The van der Waals surface area contributed by atoms with Crippen LogP contribution in [0.1, 0.15) is 19.0 Å². The summed E-state index contributed by atoms with van der Waals surface area (Å²) >= 11 is 0. The van der Waals surface area contributed by atoms with Crippen molar-refractivity contribution in [2.75, 3.05) is 20.3 Å². The molecule has 1 unspecified atom stereocenters. The van der Waals surface area contributed by atoms with E-state index in [1.807, 2.05) is 17.9 Å². The second-order valence-electron chi connectivity index (χ2n) is 3.72. The Morgan fingerprint density at radius 2 is 2.40 bits per heavy atom. The van der Waals surface area contributed by atoms with Crippen LogP contribution in [0.5, 0.6) is 0 Å². The maximum Gasteiger partial charge on any atom is 0.0640 e. The standard InChI is InChI=1S/C11H21N3O/c1-4-12-10(6-8-15-3)9-11-5-7-14(2)13-11/h5,7,10,12H,4,6,8-9H2,1-3H3. The monoisotopic (exact) mass is 211 g/mol. The Morgan fingerprint density at radius 3 is 2.93 bits per heavy atom. The number of nitrogens with zero attached hydrogens (tertiary/aromatic N) is 2. The summed E-state index contributed by atoms with van der Waals surface area (Å²) in [5.74, 6) is 0. The van der Waals surface area contributed by atoms with Crippen LogP contribution in [-0.4, -0.2) is 36.1 Å². The van der Waals surface area contributed by atoms with E-state index in [2.05, 4.69) is 23.4 Å². The van der Waals surface area contributed by atoms with Crippen molar-refractivity contribution in [3.8, 4) is 0 Å². The molecule has 0 saturated carbocycles. The lowest BCUT2D eigenvalue weighted by atomic mass is 10.1. The van der Waals surface area contributed by atoms with E-state index in [-0.39, 0.29) is 0 Å². The molecule has 0 amide bonds. The first-order valence-electron chi connectivity index (χ1n) is 5.47. The van der Waals surface area contributed by atoms with E-state index in [0.29, 0.717) is 6.04 Å². The van der Waals surface area contributed by atoms with Gasteiger partial charge < -0.3 is 10.1 Å². The smallest absolute Gasteiger partial charge is 0.0640 e. The van der Waals surface area contributed by atoms with Crippen LogP contribution < -0.4 is 5.32 Å². The van der Waals surface area contributed by atoms with Gasteiger partial charge in [0.25, 0.3) is 0 Å². The Morgan fingerprint density at radius 1 is 1.60 bits per heavy atom. The van der Waals surface area contributed by atoms with Gasteiger partial charge in [0.2, 0.25) is 0 Å². The van der Waals surface area contributed by atoms with Gasteiger partial charge >= 0.3 is 0 Å². The number of aryl methyl sites for hydroxylation is 1. The zero-order valence-electron chi connectivity index (χ0n) is 9.86. The Hall–Kier alpha value is -0.870. The number of hydrogen-bond donors (Lipinski definition) is 1. The molecule has 86 valence electrons. The fraction of sp³-hybridized carbons (Fsp3) is 0.727. The third kappa shape index (κ3) is 4.44. The van der Waals surface area contributed by atoms with E-state index in [0.717, 1.165) is 31.7 Å². The number of rotatable bonds is 7. The van der Waals surface area contributed by atoms with Gasteiger partial charge in [0.1, 0.15) is 0 Å². The molecule has 15 heavy (non-hydrogen) atoms. The lowest BCUT2D eigenvalue weighted by Gasteiger charge is -2.15. The fourth-order valence-corrected chi connectivity index (χ4v) is 1.65. The summed E-state index contributed by atoms with van der Waals surface area (Å²) in [6.07, 6.45) is 3.98. The molecule has 4 heteroatoms. The molecule has 0 spiro atoms. The molecule has 4 nitrogen and oxygen atoms in total. The highest BCUT2D eigenvalue weighted by atomic mass is 16.5. The van der Waals surface area contributed by atoms with E-state index >= 15 is 0 Å². The van der Waals surface area contributed by atoms with Gasteiger partial charge in [-0.05, 0) is 19.0 Å². The molecule has 0 fully saturated rings. The lowest BCUT2D eigenvalue weighted by molar-refractivity contribution is 0.182. The Bertz CT molecular complexity index is 273. The van der Waals surface area contributed by atoms with Gasteiger partial charge in [-0.1, -0.05) is 6.92 Å². The maximum atomic E-state index is 5.10. The van der Waals surface area contributed by atoms with E-state index in [9.17, 15) is 0 Å². The molecule has 0 aliphatic carbocycles. The molecule has 0 aliphatic heterocycles. The first-order chi connectivity index (χ1) is 7.26. The largest absolute Gasteiger partial charge is 0.385 e. The molecular weight excluding hydrogens is 190 g/mol. The summed E-state index contributed by atoms with van der Waals surface area (Å²) in [6.45, 7) is 3.91. The molecule has 0 radical (unpaired) electrons. The van der Waals surface area contributed by atoms with Crippen LogP contribution in [0, 0.1) is 0 Å². The quantitative estimate of drug-likeness (QED) is 0.730. The van der Waals surface area contributed by atoms with Crippen molar-refractivity contribution in [1.82, 2.24) is 15.1 Å². The first kappa shape index (κ1) is 12.2. The second-order valence-corrected chi connectivity index (χ2v) is 3.72. The Kier molecular flexibility index (Phi) is 5.36. The first-order valence-corrected chi connectivity index (χ1v) is 5.47. The summed E-state index contributed by atoms with van der Waals surface area (Å²) in [6, 6.07) is 2.53. The van der Waals surface area contributed by atoms with Crippen molar-refractivity contribution in [2.24, 2.45) is 7.05 Å². The van der Waals surface area contributed by atoms with Gasteiger partial charge in [-0.25, -0.2) is 0 Å². The molecule has 0 aromatic carbocycles. The summed E-state index contributed by atoms with van der Waals surface area (Å²) in [5.41, 5.74) is 1.14. The van der Waals surface area contributed by atoms with Gasteiger partial charge in [-0.3, -0.25) is 4.68 Å². The molecule has 0 saturated heterocycles. The van der Waals surface area contributed by atoms with E-state index in [1.165, 1.54) is 0 Å². The zero-order chi connectivity index (χ0) is 11.1. The molecule has 1 aromatic heterocycles. The highest BCUT2D eigenvalue weighted by Crippen LogP contribution is 2.03. The van der Waals surface area contributed by atoms with Crippen molar-refractivity contribution >= 4 is 0 Å². The van der Waals surface area contributed by atoms with Crippen molar-refractivity contribution in [1.29, 1.82) is 0 Å². The van der Waals surface area contributed by atoms with Crippen molar-refractivity contribution < 1.29 is 4.74 Å². The van der Waals surface area contributed by atoms with Crippen LogP contribution in [0.25, 0.3) is 0 Å². The van der Waals surface area contributed by atoms with E-state index in [4.69, 9.17) is 4.74 Å². The summed E-state index contributed by atoms with van der Waals surface area (Å²) in [5, 5.41) is 7.82. The molecular formula is C11H21N3O. The minimum absolute atomic E-state index is 0.463. The fourth-order valence-electron chi connectivity index (χ4n) is 1.65. The predicted molar refractivity (Wildman–Crippen MR) is 60.9 cm³/mol. The van der Waals surface area contributed by atoms with Crippen molar-refractivity contribution in [3.63, 3.8) is 0 Å². The highest BCUT2D eigenvalue weighted by molar-refractivity contribution is 5.01. The molecule has 0 bridgehead atoms. The van der Waals surface area contributed by atoms with Gasteiger partial charge in [-0.2, -0.15) is 5.10 Å². The number of likely N-dealkylation sites (N-methyl/N-ethyl adjacent to an activating group) is 1. The SMILES string of the molecule is CCNC(CCOC)Cc1ccn(C)n1. The lowest BCUT2D eigenvalue weighted by Crippen LogP contribution is -2.32. The minimum Gasteiger partial charge on any atom is -0.385 e. The normalized spacial score (nSPS) is 13.0. The third-order valence-corrected chi connectivity index (χ3v) is 2.39. The summed E-state index contributed by atoms with van der Waals surface area (Å²) < 4.78 is 6.94. The number of ether oxygens (including phenoxy) is 1. The topological polar surface area (TPSA) is 39.1 Å². The zero-order valence-corrected chi connectivity index (χ0v) is 9.86. The third-order valence-electron chi connectivity index (χ3n) is 2.39. The summed E-state index contributed by atoms with van der Waals surface area (Å²) in [4.78, 5) is 0. The van der Waals surface area contributed by atoms with Crippen LogP contribution >= 0.6 is 0 Å². The Balaban J connectivity index is 2.42. The number of hydrogen-bond acceptors (Lipinski definition) is 3. The average Bonchev–Trinajstić information content (AvgIpc) is 2.61. The van der Waals surface area contributed by atoms with Crippen LogP contribution in [0.3, 0.4) is 0 Å². The second kappa shape index (κ2) is 6.58. The molecule has 1 N–H and O–H groups in total. The number of nitrogens with one attached hydrogen (secondary N) is 1. The van der Waals surface area contributed by atoms with Gasteiger partial charge in [0.15, 0.2) is 0 Å². The Labute approximate surface area is 91.6 Å². The molecule has 1 aromatic rings. The van der Waals surface area contributed by atoms with Crippen molar-refractivity contribution in [2.45, 2.75) is 25.8 Å². The van der Waals surface area contributed by atoms with Crippen LogP contribution in [0.4, 0.5) is 0 Å². The number of methoxy groups -OCH3 is 1. The molecule has 1 heterocycles.